The molecular weight excluding hydrogens is 210 g/mol. The Hall–Kier alpha value is -1.92. The molecule has 72 valence electrons. The Morgan fingerprint density at radius 3 is 2.33 bits per heavy atom. The lowest BCUT2D eigenvalue weighted by molar-refractivity contribution is 1.22. The van der Waals surface area contributed by atoms with Gasteiger partial charge >= 0.3 is 0 Å². The Morgan fingerprint density at radius 2 is 1.67 bits per heavy atom. The SMILES string of the molecule is N#Cc1cccc(-c2cccc(Cl)n2)n1. The van der Waals surface area contributed by atoms with Gasteiger partial charge in [-0.3, -0.25) is 0 Å². The summed E-state index contributed by atoms with van der Waals surface area (Å²) in [6, 6.07) is 12.5. The second kappa shape index (κ2) is 4.07. The Kier molecular flexibility index (Phi) is 2.61. The molecule has 0 saturated carbocycles. The second-order valence-corrected chi connectivity index (χ2v) is 3.25. The van der Waals surface area contributed by atoms with E-state index in [1.54, 1.807) is 36.4 Å². The number of nitriles is 1. The minimum Gasteiger partial charge on any atom is -0.235 e. The van der Waals surface area contributed by atoms with Gasteiger partial charge in [-0.1, -0.05) is 23.7 Å². The molecule has 0 aromatic carbocycles. The molecule has 0 amide bonds. The summed E-state index contributed by atoms with van der Waals surface area (Å²) in [5, 5.41) is 9.12. The third-order valence-corrected chi connectivity index (χ3v) is 2.05. The number of pyridine rings is 2. The molecule has 0 radical (unpaired) electrons. The summed E-state index contributed by atoms with van der Waals surface area (Å²) in [6.07, 6.45) is 0. The van der Waals surface area contributed by atoms with Crippen LogP contribution in [0.4, 0.5) is 0 Å². The van der Waals surface area contributed by atoms with Crippen LogP contribution in [0.5, 0.6) is 0 Å². The average Bonchev–Trinajstić information content (AvgIpc) is 2.29. The number of aromatic nitrogens is 2. The van der Waals surface area contributed by atoms with Crippen molar-refractivity contribution in [2.24, 2.45) is 0 Å². The maximum Gasteiger partial charge on any atom is 0.141 e. The third kappa shape index (κ3) is 2.12. The number of hydrogen-bond acceptors (Lipinski definition) is 3. The van der Waals surface area contributed by atoms with Crippen LogP contribution in [0.1, 0.15) is 5.69 Å². The van der Waals surface area contributed by atoms with Crippen molar-refractivity contribution >= 4 is 11.6 Å². The number of rotatable bonds is 1. The Balaban J connectivity index is 2.50. The molecule has 0 fully saturated rings. The highest BCUT2D eigenvalue weighted by atomic mass is 35.5. The highest BCUT2D eigenvalue weighted by molar-refractivity contribution is 6.29. The maximum atomic E-state index is 8.70. The van der Waals surface area contributed by atoms with E-state index >= 15 is 0 Å². The van der Waals surface area contributed by atoms with Crippen molar-refractivity contribution in [3.05, 3.63) is 47.2 Å². The van der Waals surface area contributed by atoms with Crippen LogP contribution in [0.3, 0.4) is 0 Å². The van der Waals surface area contributed by atoms with Crippen LogP contribution in [-0.4, -0.2) is 9.97 Å². The van der Waals surface area contributed by atoms with Crippen LogP contribution >= 0.6 is 11.6 Å². The van der Waals surface area contributed by atoms with Gasteiger partial charge in [-0.25, -0.2) is 9.97 Å². The van der Waals surface area contributed by atoms with E-state index in [9.17, 15) is 0 Å². The summed E-state index contributed by atoms with van der Waals surface area (Å²) >= 11 is 5.76. The molecule has 2 aromatic rings. The van der Waals surface area contributed by atoms with E-state index < -0.39 is 0 Å². The standard InChI is InChI=1S/C11H6ClN3/c12-11-6-2-5-10(15-11)9-4-1-3-8(7-13)14-9/h1-6H. The molecule has 0 aliphatic carbocycles. The monoisotopic (exact) mass is 215 g/mol. The molecule has 0 unspecified atom stereocenters. The minimum atomic E-state index is 0.370. The zero-order valence-electron chi connectivity index (χ0n) is 7.68. The molecule has 0 N–H and O–H groups in total. The Bertz CT molecular complexity index is 531. The van der Waals surface area contributed by atoms with Crippen molar-refractivity contribution in [1.29, 1.82) is 5.26 Å². The third-order valence-electron chi connectivity index (χ3n) is 1.84. The molecule has 0 aliphatic heterocycles. The fourth-order valence-electron chi connectivity index (χ4n) is 1.19. The van der Waals surface area contributed by atoms with E-state index in [1.807, 2.05) is 6.07 Å². The molecule has 2 rings (SSSR count). The summed E-state index contributed by atoms with van der Waals surface area (Å²) < 4.78 is 0. The minimum absolute atomic E-state index is 0.370. The zero-order chi connectivity index (χ0) is 10.7. The average molecular weight is 216 g/mol. The molecule has 4 heteroatoms. The van der Waals surface area contributed by atoms with E-state index in [0.717, 1.165) is 0 Å². The fraction of sp³-hybridized carbons (Fsp3) is 0. The highest BCUT2D eigenvalue weighted by Gasteiger charge is 2.02. The van der Waals surface area contributed by atoms with Gasteiger partial charge in [-0.05, 0) is 24.3 Å². The lowest BCUT2D eigenvalue weighted by atomic mass is 10.2. The first-order valence-corrected chi connectivity index (χ1v) is 4.67. The van der Waals surface area contributed by atoms with Crippen LogP contribution in [0.25, 0.3) is 11.4 Å². The van der Waals surface area contributed by atoms with Gasteiger partial charge in [0.05, 0.1) is 11.4 Å². The first kappa shape index (κ1) is 9.63. The molecule has 0 spiro atoms. The van der Waals surface area contributed by atoms with Gasteiger partial charge in [-0.2, -0.15) is 5.26 Å². The predicted octanol–water partition coefficient (Wildman–Crippen LogP) is 2.67. The van der Waals surface area contributed by atoms with Crippen LogP contribution < -0.4 is 0 Å². The van der Waals surface area contributed by atoms with Crippen LogP contribution in [0.15, 0.2) is 36.4 Å². The van der Waals surface area contributed by atoms with E-state index in [1.165, 1.54) is 0 Å². The van der Waals surface area contributed by atoms with E-state index in [4.69, 9.17) is 16.9 Å². The summed E-state index contributed by atoms with van der Waals surface area (Å²) in [7, 11) is 0. The molecule has 15 heavy (non-hydrogen) atoms. The lowest BCUT2D eigenvalue weighted by Crippen LogP contribution is -1.89. The summed E-state index contributed by atoms with van der Waals surface area (Å²) in [6.45, 7) is 0. The van der Waals surface area contributed by atoms with Gasteiger partial charge in [-0.15, -0.1) is 0 Å². The fourth-order valence-corrected chi connectivity index (χ4v) is 1.35. The Labute approximate surface area is 92.0 Å². The van der Waals surface area contributed by atoms with Crippen molar-refractivity contribution in [2.45, 2.75) is 0 Å². The number of halogens is 1. The lowest BCUT2D eigenvalue weighted by Gasteiger charge is -1.99. The van der Waals surface area contributed by atoms with Gasteiger partial charge < -0.3 is 0 Å². The Morgan fingerprint density at radius 1 is 1.00 bits per heavy atom. The van der Waals surface area contributed by atoms with Gasteiger partial charge in [0.15, 0.2) is 0 Å². The van der Waals surface area contributed by atoms with Crippen molar-refractivity contribution in [1.82, 2.24) is 9.97 Å². The summed E-state index contributed by atoms with van der Waals surface area (Å²) in [5.41, 5.74) is 1.69. The molecule has 0 atom stereocenters. The van der Waals surface area contributed by atoms with Crippen molar-refractivity contribution in [3.8, 4) is 17.5 Å². The maximum absolute atomic E-state index is 8.70. The first-order valence-electron chi connectivity index (χ1n) is 4.30. The van der Waals surface area contributed by atoms with Crippen LogP contribution in [-0.2, 0) is 0 Å². The largest absolute Gasteiger partial charge is 0.235 e. The van der Waals surface area contributed by atoms with Gasteiger partial charge in [0, 0.05) is 0 Å². The molecule has 0 bridgehead atoms. The summed E-state index contributed by atoms with van der Waals surface area (Å²) in [4.78, 5) is 8.23. The normalized spacial score (nSPS) is 9.60. The van der Waals surface area contributed by atoms with E-state index in [2.05, 4.69) is 9.97 Å². The first-order chi connectivity index (χ1) is 7.29. The highest BCUT2D eigenvalue weighted by Crippen LogP contribution is 2.16. The van der Waals surface area contributed by atoms with E-state index in [0.29, 0.717) is 22.2 Å². The second-order valence-electron chi connectivity index (χ2n) is 2.87. The molecule has 0 aliphatic rings. The predicted molar refractivity (Wildman–Crippen MR) is 57.2 cm³/mol. The molecule has 0 saturated heterocycles. The van der Waals surface area contributed by atoms with Crippen molar-refractivity contribution in [3.63, 3.8) is 0 Å². The summed E-state index contributed by atoms with van der Waals surface area (Å²) in [5.74, 6) is 0. The van der Waals surface area contributed by atoms with Gasteiger partial charge in [0.2, 0.25) is 0 Å². The number of hydrogen-bond donors (Lipinski definition) is 0. The van der Waals surface area contributed by atoms with Crippen molar-refractivity contribution < 1.29 is 0 Å². The number of nitrogens with zero attached hydrogens (tertiary/aromatic N) is 3. The van der Waals surface area contributed by atoms with Crippen LogP contribution in [0, 0.1) is 11.3 Å². The topological polar surface area (TPSA) is 49.6 Å². The smallest absolute Gasteiger partial charge is 0.141 e. The zero-order valence-corrected chi connectivity index (χ0v) is 8.44. The molecule has 3 nitrogen and oxygen atoms in total. The van der Waals surface area contributed by atoms with Crippen LogP contribution in [0.2, 0.25) is 5.15 Å². The van der Waals surface area contributed by atoms with Gasteiger partial charge in [0.25, 0.3) is 0 Å². The molecule has 2 aromatic heterocycles. The molecular formula is C11H6ClN3. The van der Waals surface area contributed by atoms with Crippen molar-refractivity contribution in [2.75, 3.05) is 0 Å². The quantitative estimate of drug-likeness (QED) is 0.688. The van der Waals surface area contributed by atoms with Gasteiger partial charge in [0.1, 0.15) is 16.9 Å². The van der Waals surface area contributed by atoms with E-state index in [-0.39, 0.29) is 0 Å². The molecule has 2 heterocycles.